The Morgan fingerprint density at radius 3 is 2.64 bits per heavy atom. The van der Waals surface area contributed by atoms with Crippen LogP contribution in [0.25, 0.3) is 22.2 Å². The number of hydrogen-bond donors (Lipinski definition) is 0. The van der Waals surface area contributed by atoms with E-state index in [-0.39, 0.29) is 11.6 Å². The predicted molar refractivity (Wildman–Crippen MR) is 105 cm³/mol. The third-order valence-electron chi connectivity index (χ3n) is 4.35. The highest BCUT2D eigenvalue weighted by Crippen LogP contribution is 2.31. The largest absolute Gasteiger partial charge is 0.465 e. The average Bonchev–Trinajstić information content (AvgIpc) is 3.32. The third-order valence-corrected chi connectivity index (χ3v) is 5.01. The van der Waals surface area contributed by atoms with Crippen molar-refractivity contribution in [2.24, 2.45) is 0 Å². The Morgan fingerprint density at radius 1 is 1.11 bits per heavy atom. The first kappa shape index (κ1) is 18.2. The molecule has 140 valence electrons. The summed E-state index contributed by atoms with van der Waals surface area (Å²) in [5.74, 6) is -0.843. The molecule has 2 aromatic heterocycles. The molecule has 4 rings (SSSR count). The molecule has 0 saturated carbocycles. The average molecular weight is 442 g/mol. The maximum atomic E-state index is 13.3. The van der Waals surface area contributed by atoms with Crippen molar-refractivity contribution in [2.75, 3.05) is 7.11 Å². The SMILES string of the molecule is COC(=O)c1cn(C(=O)c2ccc(-c3ccc(F)cc3Br)o2)c2ccccc12. The van der Waals surface area contributed by atoms with Crippen LogP contribution < -0.4 is 0 Å². The Morgan fingerprint density at radius 2 is 1.89 bits per heavy atom. The van der Waals surface area contributed by atoms with Gasteiger partial charge in [-0.15, -0.1) is 0 Å². The van der Waals surface area contributed by atoms with Crippen molar-refractivity contribution in [1.82, 2.24) is 4.57 Å². The zero-order valence-corrected chi connectivity index (χ0v) is 16.2. The summed E-state index contributed by atoms with van der Waals surface area (Å²) in [6.45, 7) is 0. The number of aromatic nitrogens is 1. The lowest BCUT2D eigenvalue weighted by atomic mass is 10.2. The van der Waals surface area contributed by atoms with Gasteiger partial charge in [0, 0.05) is 21.6 Å². The van der Waals surface area contributed by atoms with Crippen molar-refractivity contribution >= 4 is 38.7 Å². The fraction of sp³-hybridized carbons (Fsp3) is 0.0476. The van der Waals surface area contributed by atoms with Crippen molar-refractivity contribution in [2.45, 2.75) is 0 Å². The molecule has 0 saturated heterocycles. The molecule has 2 heterocycles. The molecule has 7 heteroatoms. The molecular weight excluding hydrogens is 429 g/mol. The van der Waals surface area contributed by atoms with Crippen LogP contribution >= 0.6 is 15.9 Å². The smallest absolute Gasteiger partial charge is 0.340 e. The number of halogens is 2. The van der Waals surface area contributed by atoms with E-state index in [1.54, 1.807) is 42.5 Å². The molecule has 0 aliphatic carbocycles. The lowest BCUT2D eigenvalue weighted by molar-refractivity contribution is 0.0603. The Hall–Kier alpha value is -3.19. The maximum absolute atomic E-state index is 13.3. The van der Waals surface area contributed by atoms with Crippen LogP contribution in [0.1, 0.15) is 20.9 Å². The van der Waals surface area contributed by atoms with Crippen molar-refractivity contribution < 1.29 is 23.1 Å². The van der Waals surface area contributed by atoms with Gasteiger partial charge < -0.3 is 9.15 Å². The second-order valence-electron chi connectivity index (χ2n) is 6.01. The maximum Gasteiger partial charge on any atom is 0.340 e. The summed E-state index contributed by atoms with van der Waals surface area (Å²) in [4.78, 5) is 25.1. The van der Waals surface area contributed by atoms with Gasteiger partial charge in [-0.05, 0) is 52.3 Å². The number of rotatable bonds is 3. The molecular formula is C21H13BrFNO4. The van der Waals surface area contributed by atoms with Crippen LogP contribution in [0.5, 0.6) is 0 Å². The topological polar surface area (TPSA) is 61.4 Å². The molecule has 0 amide bonds. The van der Waals surface area contributed by atoms with Crippen LogP contribution in [0.4, 0.5) is 4.39 Å². The molecule has 0 radical (unpaired) electrons. The van der Waals surface area contributed by atoms with Crippen molar-refractivity contribution in [1.29, 1.82) is 0 Å². The summed E-state index contributed by atoms with van der Waals surface area (Å²) < 4.78 is 25.7. The van der Waals surface area contributed by atoms with Crippen LogP contribution in [0.15, 0.2) is 69.7 Å². The number of hydrogen-bond acceptors (Lipinski definition) is 4. The van der Waals surface area contributed by atoms with E-state index in [0.29, 0.717) is 32.3 Å². The highest BCUT2D eigenvalue weighted by molar-refractivity contribution is 9.10. The molecule has 4 aromatic rings. The number of fused-ring (bicyclic) bond motifs is 1. The molecule has 2 aromatic carbocycles. The number of nitrogens with zero attached hydrogens (tertiary/aromatic N) is 1. The number of ether oxygens (including phenoxy) is 1. The summed E-state index contributed by atoms with van der Waals surface area (Å²) in [6.07, 6.45) is 1.44. The van der Waals surface area contributed by atoms with E-state index in [0.717, 1.165) is 0 Å². The predicted octanol–water partition coefficient (Wildman–Crippen LogP) is 5.28. The fourth-order valence-corrected chi connectivity index (χ4v) is 3.57. The second-order valence-corrected chi connectivity index (χ2v) is 6.87. The summed E-state index contributed by atoms with van der Waals surface area (Å²) in [5, 5.41) is 0.607. The molecule has 0 bridgehead atoms. The number of carbonyl (C=O) groups excluding carboxylic acids is 2. The van der Waals surface area contributed by atoms with E-state index < -0.39 is 11.9 Å². The van der Waals surface area contributed by atoms with Gasteiger partial charge in [0.2, 0.25) is 0 Å². The minimum atomic E-state index is -0.530. The van der Waals surface area contributed by atoms with E-state index in [1.807, 2.05) is 0 Å². The summed E-state index contributed by atoms with van der Waals surface area (Å²) in [6, 6.07) is 14.4. The first-order valence-electron chi connectivity index (χ1n) is 8.28. The highest BCUT2D eigenvalue weighted by Gasteiger charge is 2.22. The molecule has 0 unspecified atom stereocenters. The minimum Gasteiger partial charge on any atom is -0.465 e. The van der Waals surface area contributed by atoms with Gasteiger partial charge in [0.25, 0.3) is 5.91 Å². The lowest BCUT2D eigenvalue weighted by Gasteiger charge is -2.03. The number of esters is 1. The molecule has 28 heavy (non-hydrogen) atoms. The van der Waals surface area contributed by atoms with Gasteiger partial charge in [0.05, 0.1) is 18.2 Å². The first-order chi connectivity index (χ1) is 13.5. The van der Waals surface area contributed by atoms with Gasteiger partial charge >= 0.3 is 5.97 Å². The fourth-order valence-electron chi connectivity index (χ4n) is 3.03. The van der Waals surface area contributed by atoms with Gasteiger partial charge in [-0.2, -0.15) is 0 Å². The standard InChI is InChI=1S/C21H13BrFNO4/c1-27-21(26)15-11-24(17-5-3-2-4-13(15)17)20(25)19-9-8-18(28-19)14-7-6-12(23)10-16(14)22/h2-11H,1H3. The Labute approximate surface area is 167 Å². The summed E-state index contributed by atoms with van der Waals surface area (Å²) in [7, 11) is 1.29. The zero-order chi connectivity index (χ0) is 19.8. The lowest BCUT2D eigenvalue weighted by Crippen LogP contribution is -2.10. The van der Waals surface area contributed by atoms with Gasteiger partial charge in [0.1, 0.15) is 11.6 Å². The van der Waals surface area contributed by atoms with Crippen molar-refractivity contribution in [3.63, 3.8) is 0 Å². The van der Waals surface area contributed by atoms with E-state index >= 15 is 0 Å². The van der Waals surface area contributed by atoms with Crippen molar-refractivity contribution in [3.05, 3.63) is 82.4 Å². The molecule has 0 spiro atoms. The number of carbonyl (C=O) groups is 2. The van der Waals surface area contributed by atoms with Crippen LogP contribution in [0.3, 0.4) is 0 Å². The first-order valence-corrected chi connectivity index (χ1v) is 9.07. The number of para-hydroxylation sites is 1. The van der Waals surface area contributed by atoms with E-state index in [9.17, 15) is 14.0 Å². The number of benzene rings is 2. The summed E-state index contributed by atoms with van der Waals surface area (Å²) >= 11 is 3.29. The third kappa shape index (κ3) is 3.03. The monoisotopic (exact) mass is 441 g/mol. The van der Waals surface area contributed by atoms with E-state index in [4.69, 9.17) is 9.15 Å². The molecule has 0 aliphatic rings. The Bertz CT molecular complexity index is 1220. The normalized spacial score (nSPS) is 11.0. The Kier molecular flexibility index (Phi) is 4.60. The van der Waals surface area contributed by atoms with Gasteiger partial charge in [-0.25, -0.2) is 9.18 Å². The summed E-state index contributed by atoms with van der Waals surface area (Å²) in [5.41, 5.74) is 1.47. The molecule has 0 fully saturated rings. The van der Waals surface area contributed by atoms with Crippen LogP contribution in [0.2, 0.25) is 0 Å². The second kappa shape index (κ2) is 7.09. The van der Waals surface area contributed by atoms with E-state index in [2.05, 4.69) is 15.9 Å². The molecule has 0 atom stereocenters. The Balaban J connectivity index is 1.77. The quantitative estimate of drug-likeness (QED) is 0.405. The van der Waals surface area contributed by atoms with E-state index in [1.165, 1.54) is 30.0 Å². The van der Waals surface area contributed by atoms with Crippen LogP contribution in [0, 0.1) is 5.82 Å². The molecule has 0 N–H and O–H groups in total. The molecule has 5 nitrogen and oxygen atoms in total. The van der Waals surface area contributed by atoms with Crippen molar-refractivity contribution in [3.8, 4) is 11.3 Å². The number of methoxy groups -OCH3 is 1. The minimum absolute atomic E-state index is 0.0865. The van der Waals surface area contributed by atoms with Crippen LogP contribution in [-0.4, -0.2) is 23.6 Å². The molecule has 0 aliphatic heterocycles. The number of furan rings is 1. The van der Waals surface area contributed by atoms with Gasteiger partial charge in [-0.3, -0.25) is 9.36 Å². The highest BCUT2D eigenvalue weighted by atomic mass is 79.9. The van der Waals surface area contributed by atoms with Gasteiger partial charge in [-0.1, -0.05) is 18.2 Å². The zero-order valence-electron chi connectivity index (χ0n) is 14.6. The van der Waals surface area contributed by atoms with Gasteiger partial charge in [0.15, 0.2) is 5.76 Å². The van der Waals surface area contributed by atoms with Crippen LogP contribution in [-0.2, 0) is 4.74 Å².